The van der Waals surface area contributed by atoms with Crippen molar-refractivity contribution in [3.05, 3.63) is 60.2 Å². The SMILES string of the molecule is CN(C)C(=O)COCC(=O)Nc1ccc(OCc2ccccc2)cc1. The van der Waals surface area contributed by atoms with E-state index in [0.29, 0.717) is 12.3 Å². The summed E-state index contributed by atoms with van der Waals surface area (Å²) in [7, 11) is 3.26. The zero-order valence-corrected chi connectivity index (χ0v) is 14.4. The van der Waals surface area contributed by atoms with E-state index in [1.807, 2.05) is 30.3 Å². The Bertz CT molecular complexity index is 684. The van der Waals surface area contributed by atoms with E-state index in [2.05, 4.69) is 5.32 Å². The maximum absolute atomic E-state index is 11.8. The lowest BCUT2D eigenvalue weighted by atomic mass is 10.2. The predicted molar refractivity (Wildman–Crippen MR) is 95.4 cm³/mol. The molecule has 0 aliphatic heterocycles. The van der Waals surface area contributed by atoms with Gasteiger partial charge in [-0.1, -0.05) is 30.3 Å². The standard InChI is InChI=1S/C19H22N2O4/c1-21(2)19(23)14-24-13-18(22)20-16-8-10-17(11-9-16)25-12-15-6-4-3-5-7-15/h3-11H,12-14H2,1-2H3,(H,20,22). The lowest BCUT2D eigenvalue weighted by Crippen LogP contribution is -2.28. The Kier molecular flexibility index (Phi) is 6.98. The summed E-state index contributed by atoms with van der Waals surface area (Å²) >= 11 is 0. The highest BCUT2D eigenvalue weighted by Crippen LogP contribution is 2.17. The number of benzene rings is 2. The number of rotatable bonds is 8. The normalized spacial score (nSPS) is 10.2. The monoisotopic (exact) mass is 342 g/mol. The van der Waals surface area contributed by atoms with Crippen molar-refractivity contribution >= 4 is 17.5 Å². The van der Waals surface area contributed by atoms with Crippen LogP contribution in [-0.2, 0) is 20.9 Å². The van der Waals surface area contributed by atoms with Gasteiger partial charge in [0.05, 0.1) is 0 Å². The Morgan fingerprint density at radius 2 is 1.64 bits per heavy atom. The molecule has 6 heteroatoms. The fourth-order valence-electron chi connectivity index (χ4n) is 1.93. The molecule has 2 amide bonds. The molecule has 1 N–H and O–H groups in total. The van der Waals surface area contributed by atoms with E-state index in [1.54, 1.807) is 38.4 Å². The summed E-state index contributed by atoms with van der Waals surface area (Å²) in [6.45, 7) is 0.193. The van der Waals surface area contributed by atoms with Gasteiger partial charge in [0.25, 0.3) is 0 Å². The number of amides is 2. The van der Waals surface area contributed by atoms with Gasteiger partial charge in [0.1, 0.15) is 25.6 Å². The van der Waals surface area contributed by atoms with Gasteiger partial charge >= 0.3 is 0 Å². The molecule has 0 radical (unpaired) electrons. The topological polar surface area (TPSA) is 67.9 Å². The smallest absolute Gasteiger partial charge is 0.250 e. The first-order valence-corrected chi connectivity index (χ1v) is 7.89. The third-order valence-corrected chi connectivity index (χ3v) is 3.34. The highest BCUT2D eigenvalue weighted by atomic mass is 16.5. The number of nitrogens with zero attached hydrogens (tertiary/aromatic N) is 1. The van der Waals surface area contributed by atoms with Gasteiger partial charge in [0, 0.05) is 19.8 Å². The summed E-state index contributed by atoms with van der Waals surface area (Å²) in [4.78, 5) is 24.5. The third-order valence-electron chi connectivity index (χ3n) is 3.34. The summed E-state index contributed by atoms with van der Waals surface area (Å²) in [6.07, 6.45) is 0. The van der Waals surface area contributed by atoms with Crippen LogP contribution < -0.4 is 10.1 Å². The van der Waals surface area contributed by atoms with Crippen LogP contribution in [0.3, 0.4) is 0 Å². The van der Waals surface area contributed by atoms with E-state index < -0.39 is 0 Å². The van der Waals surface area contributed by atoms with Crippen LogP contribution in [0.15, 0.2) is 54.6 Å². The van der Waals surface area contributed by atoms with Gasteiger partial charge in [-0.25, -0.2) is 0 Å². The second-order valence-electron chi connectivity index (χ2n) is 5.63. The molecule has 25 heavy (non-hydrogen) atoms. The van der Waals surface area contributed by atoms with Crippen molar-refractivity contribution in [1.29, 1.82) is 0 Å². The van der Waals surface area contributed by atoms with Gasteiger partial charge < -0.3 is 19.7 Å². The fourth-order valence-corrected chi connectivity index (χ4v) is 1.93. The van der Waals surface area contributed by atoms with E-state index >= 15 is 0 Å². The third kappa shape index (κ3) is 6.64. The molecular formula is C19H22N2O4. The molecule has 0 spiro atoms. The Balaban J connectivity index is 1.74. The van der Waals surface area contributed by atoms with Gasteiger partial charge in [0.15, 0.2) is 0 Å². The van der Waals surface area contributed by atoms with Crippen LogP contribution in [0.5, 0.6) is 5.75 Å². The maximum Gasteiger partial charge on any atom is 0.250 e. The Hall–Kier alpha value is -2.86. The number of hydrogen-bond acceptors (Lipinski definition) is 4. The average molecular weight is 342 g/mol. The number of likely N-dealkylation sites (N-methyl/N-ethyl adjacent to an activating group) is 1. The highest BCUT2D eigenvalue weighted by molar-refractivity contribution is 5.91. The van der Waals surface area contributed by atoms with Gasteiger partial charge in [-0.3, -0.25) is 9.59 Å². The molecule has 2 aromatic carbocycles. The van der Waals surface area contributed by atoms with Crippen LogP contribution in [0, 0.1) is 0 Å². The van der Waals surface area contributed by atoms with Crippen LogP contribution in [-0.4, -0.2) is 44.0 Å². The van der Waals surface area contributed by atoms with Gasteiger partial charge in [-0.2, -0.15) is 0 Å². The largest absolute Gasteiger partial charge is 0.489 e. The van der Waals surface area contributed by atoms with Crippen LogP contribution in [0.1, 0.15) is 5.56 Å². The number of carbonyl (C=O) groups is 2. The van der Waals surface area contributed by atoms with Crippen molar-refractivity contribution in [3.8, 4) is 5.75 Å². The minimum Gasteiger partial charge on any atom is -0.489 e. The van der Waals surface area contributed by atoms with Crippen molar-refractivity contribution in [2.75, 3.05) is 32.6 Å². The quantitative estimate of drug-likeness (QED) is 0.799. The second kappa shape index (κ2) is 9.44. The number of nitrogens with one attached hydrogen (secondary N) is 1. The molecule has 0 fully saturated rings. The summed E-state index contributed by atoms with van der Waals surface area (Å²) in [6, 6.07) is 17.0. The van der Waals surface area contributed by atoms with E-state index in [9.17, 15) is 9.59 Å². The minimum absolute atomic E-state index is 0.118. The van der Waals surface area contributed by atoms with Crippen molar-refractivity contribution < 1.29 is 19.1 Å². The number of hydrogen-bond donors (Lipinski definition) is 1. The molecule has 2 aromatic rings. The van der Waals surface area contributed by atoms with Crippen molar-refractivity contribution in [2.24, 2.45) is 0 Å². The van der Waals surface area contributed by atoms with E-state index in [4.69, 9.17) is 9.47 Å². The Morgan fingerprint density at radius 3 is 2.28 bits per heavy atom. The van der Waals surface area contributed by atoms with Gasteiger partial charge in [-0.15, -0.1) is 0 Å². The predicted octanol–water partition coefficient (Wildman–Crippen LogP) is 2.31. The highest BCUT2D eigenvalue weighted by Gasteiger charge is 2.07. The molecule has 2 rings (SSSR count). The van der Waals surface area contributed by atoms with Gasteiger partial charge in [-0.05, 0) is 29.8 Å². The zero-order valence-electron chi connectivity index (χ0n) is 14.4. The minimum atomic E-state index is -0.315. The van der Waals surface area contributed by atoms with Crippen LogP contribution in [0.2, 0.25) is 0 Å². The summed E-state index contributed by atoms with van der Waals surface area (Å²) in [5, 5.41) is 2.70. The van der Waals surface area contributed by atoms with E-state index in [0.717, 1.165) is 11.3 Å². The summed E-state index contributed by atoms with van der Waals surface area (Å²) < 4.78 is 10.8. The van der Waals surface area contributed by atoms with Crippen molar-refractivity contribution in [3.63, 3.8) is 0 Å². The van der Waals surface area contributed by atoms with E-state index in [1.165, 1.54) is 4.90 Å². The van der Waals surface area contributed by atoms with Crippen molar-refractivity contribution in [1.82, 2.24) is 4.90 Å². The van der Waals surface area contributed by atoms with Crippen LogP contribution >= 0.6 is 0 Å². The molecule has 0 atom stereocenters. The summed E-state index contributed by atoms with van der Waals surface area (Å²) in [5.74, 6) is 0.215. The Labute approximate surface area is 147 Å². The van der Waals surface area contributed by atoms with E-state index in [-0.39, 0.29) is 25.0 Å². The van der Waals surface area contributed by atoms with Crippen LogP contribution in [0.4, 0.5) is 5.69 Å². The molecule has 0 aromatic heterocycles. The average Bonchev–Trinajstić information content (AvgIpc) is 2.62. The Morgan fingerprint density at radius 1 is 0.960 bits per heavy atom. The molecule has 0 bridgehead atoms. The lowest BCUT2D eigenvalue weighted by Gasteiger charge is -2.11. The molecule has 0 aliphatic carbocycles. The van der Waals surface area contributed by atoms with Crippen molar-refractivity contribution in [2.45, 2.75) is 6.61 Å². The molecule has 0 saturated carbocycles. The second-order valence-corrected chi connectivity index (χ2v) is 5.63. The fraction of sp³-hybridized carbons (Fsp3) is 0.263. The molecule has 0 heterocycles. The summed E-state index contributed by atoms with van der Waals surface area (Å²) in [5.41, 5.74) is 1.73. The maximum atomic E-state index is 11.8. The number of anilines is 1. The molecule has 0 unspecified atom stereocenters. The zero-order chi connectivity index (χ0) is 18.1. The molecule has 132 valence electrons. The molecule has 0 aliphatic rings. The first-order valence-electron chi connectivity index (χ1n) is 7.89. The van der Waals surface area contributed by atoms with Crippen LogP contribution in [0.25, 0.3) is 0 Å². The molecule has 0 saturated heterocycles. The molecule has 6 nitrogen and oxygen atoms in total. The molecular weight excluding hydrogens is 320 g/mol. The number of carbonyl (C=O) groups excluding carboxylic acids is 2. The van der Waals surface area contributed by atoms with Gasteiger partial charge in [0.2, 0.25) is 11.8 Å². The number of ether oxygens (including phenoxy) is 2. The first kappa shape index (κ1) is 18.5. The lowest BCUT2D eigenvalue weighted by molar-refractivity contribution is -0.135. The first-order chi connectivity index (χ1) is 12.0.